The monoisotopic (exact) mass is 269 g/mol. The van der Waals surface area contributed by atoms with Crippen LogP contribution in [0.1, 0.15) is 24.3 Å². The Balaban J connectivity index is 2.02. The lowest BCUT2D eigenvalue weighted by molar-refractivity contribution is 0.241. The summed E-state index contributed by atoms with van der Waals surface area (Å²) in [5.74, 6) is 0.277. The highest BCUT2D eigenvalue weighted by atomic mass is 35.5. The van der Waals surface area contributed by atoms with Gasteiger partial charge >= 0.3 is 0 Å². The molecule has 90 valence electrons. The second-order valence-corrected chi connectivity index (χ2v) is 5.45. The van der Waals surface area contributed by atoms with Gasteiger partial charge < -0.3 is 0 Å². The first kappa shape index (κ1) is 11.5. The minimum absolute atomic E-state index is 0.277. The maximum atomic E-state index is 6.13. The summed E-state index contributed by atoms with van der Waals surface area (Å²) in [7, 11) is 2.17. The number of likely N-dealkylation sites (N-methyl/N-ethyl adjacent to an activating group) is 1. The highest BCUT2D eigenvalue weighted by molar-refractivity contribution is 6.31. The summed E-state index contributed by atoms with van der Waals surface area (Å²) in [6, 6.07) is 2.92. The second kappa shape index (κ2) is 4.23. The normalized spacial score (nSPS) is 32.1. The molecule has 1 fully saturated rings. The minimum Gasteiger partial charge on any atom is -0.296 e. The van der Waals surface area contributed by atoms with Crippen LogP contribution in [0.5, 0.6) is 0 Å². The lowest BCUT2D eigenvalue weighted by atomic mass is 9.90. The third-order valence-corrected chi connectivity index (χ3v) is 4.34. The molecule has 1 saturated heterocycles. The van der Waals surface area contributed by atoms with Crippen LogP contribution in [-0.4, -0.2) is 34.2 Å². The minimum atomic E-state index is 0.277. The number of hydrogen-bond donors (Lipinski definition) is 0. The first-order valence-electron chi connectivity index (χ1n) is 5.75. The predicted octanol–water partition coefficient (Wildman–Crippen LogP) is 2.90. The smallest absolute Gasteiger partial charge is 0.155 e. The fourth-order valence-electron chi connectivity index (χ4n) is 2.95. The van der Waals surface area contributed by atoms with Crippen molar-refractivity contribution in [1.82, 2.24) is 15.1 Å². The van der Waals surface area contributed by atoms with Gasteiger partial charge in [0.05, 0.1) is 0 Å². The molecule has 0 aliphatic carbocycles. The summed E-state index contributed by atoms with van der Waals surface area (Å²) < 4.78 is 0. The van der Waals surface area contributed by atoms with E-state index < -0.39 is 0 Å². The van der Waals surface area contributed by atoms with E-state index in [1.807, 2.05) is 6.07 Å². The second-order valence-electron chi connectivity index (χ2n) is 4.70. The Bertz CT molecular complexity index is 475. The third kappa shape index (κ3) is 1.86. The molecule has 17 heavy (non-hydrogen) atoms. The van der Waals surface area contributed by atoms with Crippen molar-refractivity contribution in [2.75, 3.05) is 7.05 Å². The molecule has 3 rings (SSSR count). The zero-order chi connectivity index (χ0) is 12.0. The molecule has 1 aromatic rings. The zero-order valence-corrected chi connectivity index (χ0v) is 11.0. The quantitative estimate of drug-likeness (QED) is 0.735. The van der Waals surface area contributed by atoms with Crippen LogP contribution >= 0.6 is 23.2 Å². The van der Waals surface area contributed by atoms with Gasteiger partial charge in [-0.1, -0.05) is 35.4 Å². The largest absolute Gasteiger partial charge is 0.296 e. The molecule has 0 saturated carbocycles. The van der Waals surface area contributed by atoms with E-state index in [0.717, 1.165) is 5.56 Å². The summed E-state index contributed by atoms with van der Waals surface area (Å²) in [4.78, 5) is 2.41. The number of halogens is 2. The Morgan fingerprint density at radius 3 is 2.88 bits per heavy atom. The van der Waals surface area contributed by atoms with Crippen LogP contribution in [0, 0.1) is 0 Å². The Morgan fingerprint density at radius 1 is 1.24 bits per heavy atom. The van der Waals surface area contributed by atoms with Gasteiger partial charge in [-0.25, -0.2) is 0 Å². The van der Waals surface area contributed by atoms with Crippen LogP contribution in [0.4, 0.5) is 0 Å². The topological polar surface area (TPSA) is 29.0 Å². The van der Waals surface area contributed by atoms with Crippen LogP contribution in [-0.2, 0) is 0 Å². The van der Waals surface area contributed by atoms with Gasteiger partial charge in [-0.2, -0.15) is 0 Å². The summed E-state index contributed by atoms with van der Waals surface area (Å²) in [6.07, 6.45) is 6.91. The maximum Gasteiger partial charge on any atom is 0.155 e. The van der Waals surface area contributed by atoms with E-state index in [-0.39, 0.29) is 5.92 Å². The van der Waals surface area contributed by atoms with Gasteiger partial charge in [0.25, 0.3) is 0 Å². The SMILES string of the molecule is CN1C2C=CC(c3cc(Cl)nnc3Cl)C1CC2. The molecule has 3 atom stereocenters. The number of nitrogens with zero attached hydrogens (tertiary/aromatic N) is 3. The van der Waals surface area contributed by atoms with Crippen molar-refractivity contribution < 1.29 is 0 Å². The van der Waals surface area contributed by atoms with Gasteiger partial charge in [0, 0.05) is 23.6 Å². The molecule has 0 aromatic carbocycles. The molecule has 0 spiro atoms. The fourth-order valence-corrected chi connectivity index (χ4v) is 3.32. The average Bonchev–Trinajstić information content (AvgIpc) is 2.56. The number of hydrogen-bond acceptors (Lipinski definition) is 3. The molecule has 1 aromatic heterocycles. The molecule has 3 nitrogen and oxygen atoms in total. The first-order valence-corrected chi connectivity index (χ1v) is 6.51. The average molecular weight is 270 g/mol. The van der Waals surface area contributed by atoms with E-state index in [2.05, 4.69) is 34.3 Å². The maximum absolute atomic E-state index is 6.13. The molecule has 0 N–H and O–H groups in total. The third-order valence-electron chi connectivity index (χ3n) is 3.86. The van der Waals surface area contributed by atoms with E-state index in [0.29, 0.717) is 22.4 Å². The molecule has 3 unspecified atom stereocenters. The standard InChI is InChI=1S/C12H13Cl2N3/c1-17-7-2-4-8(10(17)5-3-7)9-6-11(13)15-16-12(9)14/h2,4,6-8,10H,3,5H2,1H3. The lowest BCUT2D eigenvalue weighted by Crippen LogP contribution is -2.38. The zero-order valence-electron chi connectivity index (χ0n) is 9.48. The van der Waals surface area contributed by atoms with Crippen molar-refractivity contribution in [3.8, 4) is 0 Å². The summed E-state index contributed by atoms with van der Waals surface area (Å²) in [6.45, 7) is 0. The van der Waals surface area contributed by atoms with Crippen molar-refractivity contribution in [2.24, 2.45) is 0 Å². The van der Waals surface area contributed by atoms with Crippen LogP contribution in [0.15, 0.2) is 18.2 Å². The molecule has 5 heteroatoms. The summed E-state index contributed by atoms with van der Waals surface area (Å²) in [5, 5.41) is 8.52. The predicted molar refractivity (Wildman–Crippen MR) is 68.5 cm³/mol. The number of rotatable bonds is 1. The molecule has 3 heterocycles. The number of fused-ring (bicyclic) bond motifs is 2. The van der Waals surface area contributed by atoms with Gasteiger partial charge in [-0.15, -0.1) is 10.2 Å². The van der Waals surface area contributed by atoms with Crippen LogP contribution in [0.3, 0.4) is 0 Å². The Morgan fingerprint density at radius 2 is 2.06 bits per heavy atom. The van der Waals surface area contributed by atoms with Gasteiger partial charge in [0.2, 0.25) is 0 Å². The van der Waals surface area contributed by atoms with Crippen molar-refractivity contribution in [2.45, 2.75) is 30.8 Å². The number of aromatic nitrogens is 2. The van der Waals surface area contributed by atoms with E-state index >= 15 is 0 Å². The van der Waals surface area contributed by atoms with Gasteiger partial charge in [0.15, 0.2) is 10.3 Å². The van der Waals surface area contributed by atoms with Crippen molar-refractivity contribution >= 4 is 23.2 Å². The van der Waals surface area contributed by atoms with Crippen LogP contribution < -0.4 is 0 Å². The molecule has 0 radical (unpaired) electrons. The van der Waals surface area contributed by atoms with E-state index in [4.69, 9.17) is 23.2 Å². The Labute approximate surface area is 110 Å². The lowest BCUT2D eigenvalue weighted by Gasteiger charge is -2.33. The van der Waals surface area contributed by atoms with Gasteiger partial charge in [-0.05, 0) is 26.0 Å². The summed E-state index contributed by atoms with van der Waals surface area (Å²) >= 11 is 12.0. The molecular weight excluding hydrogens is 257 g/mol. The van der Waals surface area contributed by atoms with Crippen molar-refractivity contribution in [3.63, 3.8) is 0 Å². The van der Waals surface area contributed by atoms with E-state index in [1.165, 1.54) is 12.8 Å². The van der Waals surface area contributed by atoms with Gasteiger partial charge in [0.1, 0.15) is 0 Å². The highest BCUT2D eigenvalue weighted by Crippen LogP contribution is 2.40. The Kier molecular flexibility index (Phi) is 2.85. The first-order chi connectivity index (χ1) is 8.16. The molecule has 0 amide bonds. The van der Waals surface area contributed by atoms with E-state index in [1.54, 1.807) is 0 Å². The van der Waals surface area contributed by atoms with Gasteiger partial charge in [-0.3, -0.25) is 4.90 Å². The molecular formula is C12H13Cl2N3. The van der Waals surface area contributed by atoms with E-state index in [9.17, 15) is 0 Å². The van der Waals surface area contributed by atoms with Crippen molar-refractivity contribution in [1.29, 1.82) is 0 Å². The molecule has 2 aliphatic rings. The van der Waals surface area contributed by atoms with Crippen LogP contribution in [0.25, 0.3) is 0 Å². The fraction of sp³-hybridized carbons (Fsp3) is 0.500. The summed E-state index contributed by atoms with van der Waals surface area (Å²) in [5.41, 5.74) is 0.986. The molecule has 2 aliphatic heterocycles. The highest BCUT2D eigenvalue weighted by Gasteiger charge is 2.38. The van der Waals surface area contributed by atoms with Crippen LogP contribution in [0.2, 0.25) is 10.3 Å². The molecule has 2 bridgehead atoms. The Hall–Kier alpha value is -0.640. The van der Waals surface area contributed by atoms with Crippen molar-refractivity contribution in [3.05, 3.63) is 34.1 Å².